The number of hydrogen-bond acceptors (Lipinski definition) is 3. The molecule has 3 aromatic rings. The van der Waals surface area contributed by atoms with Crippen LogP contribution in [0, 0.1) is 6.92 Å². The second kappa shape index (κ2) is 4.33. The Morgan fingerprint density at radius 2 is 2.00 bits per heavy atom. The van der Waals surface area contributed by atoms with E-state index in [0.717, 1.165) is 20.3 Å². The zero-order valence-corrected chi connectivity index (χ0v) is 12.0. The van der Waals surface area contributed by atoms with Crippen LogP contribution in [0.2, 0.25) is 0 Å². The first kappa shape index (κ1) is 11.6. The predicted molar refractivity (Wildman–Crippen MR) is 77.7 cm³/mol. The molecule has 1 aromatic carbocycles. The summed E-state index contributed by atoms with van der Waals surface area (Å²) in [5.74, 6) is 0.668. The lowest BCUT2D eigenvalue weighted by Gasteiger charge is -2.02. The number of fused-ring (bicyclic) bond motifs is 1. The van der Waals surface area contributed by atoms with Gasteiger partial charge < -0.3 is 0 Å². The molecule has 90 valence electrons. The van der Waals surface area contributed by atoms with Crippen molar-refractivity contribution in [3.05, 3.63) is 56.9 Å². The molecule has 0 amide bonds. The Kier molecular flexibility index (Phi) is 2.80. The average molecular weight is 321 g/mol. The number of nitrogens with zero attached hydrogens (tertiary/aromatic N) is 2. The number of halogens is 1. The molecule has 0 saturated carbocycles. The monoisotopic (exact) mass is 320 g/mol. The maximum atomic E-state index is 12.2. The Bertz CT molecular complexity index is 791. The molecule has 0 N–H and O–H groups in total. The summed E-state index contributed by atoms with van der Waals surface area (Å²) < 4.78 is 3.55. The molecule has 2 heterocycles. The number of rotatable bonds is 1. The van der Waals surface area contributed by atoms with Crippen LogP contribution in [-0.2, 0) is 0 Å². The third-order valence-electron chi connectivity index (χ3n) is 2.71. The zero-order valence-electron chi connectivity index (χ0n) is 9.55. The normalized spacial score (nSPS) is 11.0. The molecule has 0 saturated heterocycles. The third-order valence-corrected chi connectivity index (χ3v) is 4.63. The van der Waals surface area contributed by atoms with E-state index in [9.17, 15) is 4.79 Å². The van der Waals surface area contributed by atoms with Gasteiger partial charge in [0.05, 0.1) is 15.8 Å². The van der Waals surface area contributed by atoms with Gasteiger partial charge in [0.15, 0.2) is 0 Å². The molecule has 0 bridgehead atoms. The summed E-state index contributed by atoms with van der Waals surface area (Å²) in [6.45, 7) is 1.91. The molecule has 3 nitrogen and oxygen atoms in total. The number of hydrogen-bond donors (Lipinski definition) is 0. The summed E-state index contributed by atoms with van der Waals surface area (Å²) >= 11 is 4.83. The van der Waals surface area contributed by atoms with Crippen molar-refractivity contribution in [2.45, 2.75) is 6.92 Å². The van der Waals surface area contributed by atoms with Crippen molar-refractivity contribution in [3.8, 4) is 5.82 Å². The van der Waals surface area contributed by atoms with Crippen LogP contribution in [0.4, 0.5) is 0 Å². The highest BCUT2D eigenvalue weighted by Gasteiger charge is 2.10. The van der Waals surface area contributed by atoms with E-state index < -0.39 is 0 Å². The molecule has 3 rings (SSSR count). The van der Waals surface area contributed by atoms with Crippen LogP contribution in [0.25, 0.3) is 15.9 Å². The molecule has 2 aromatic heterocycles. The summed E-state index contributed by atoms with van der Waals surface area (Å²) in [5, 5.41) is 0.741. The Balaban J connectivity index is 2.28. The molecule has 0 aliphatic carbocycles. The summed E-state index contributed by atoms with van der Waals surface area (Å²) in [6.07, 6.45) is 0. The fourth-order valence-corrected chi connectivity index (χ4v) is 2.95. The van der Waals surface area contributed by atoms with Crippen LogP contribution in [0.1, 0.15) is 5.69 Å². The van der Waals surface area contributed by atoms with Crippen molar-refractivity contribution in [2.75, 3.05) is 0 Å². The van der Waals surface area contributed by atoms with E-state index in [-0.39, 0.29) is 5.56 Å². The summed E-state index contributed by atoms with van der Waals surface area (Å²) in [5.41, 5.74) is 0.863. The predicted octanol–water partition coefficient (Wildman–Crippen LogP) is 3.52. The Hall–Kier alpha value is -1.46. The second-order valence-corrected chi connectivity index (χ2v) is 5.77. The quantitative estimate of drug-likeness (QED) is 0.687. The molecular weight excluding hydrogens is 312 g/mol. The number of aryl methyl sites for hydroxylation is 1. The highest BCUT2D eigenvalue weighted by Crippen LogP contribution is 2.21. The molecule has 0 fully saturated rings. The van der Waals surface area contributed by atoms with Gasteiger partial charge in [-0.2, -0.15) is 0 Å². The number of pyridine rings is 1. The van der Waals surface area contributed by atoms with E-state index in [2.05, 4.69) is 20.9 Å². The molecule has 0 aliphatic rings. The first-order valence-electron chi connectivity index (χ1n) is 5.41. The lowest BCUT2D eigenvalue weighted by molar-refractivity contribution is 1.02. The summed E-state index contributed by atoms with van der Waals surface area (Å²) in [6, 6.07) is 11.4. The van der Waals surface area contributed by atoms with E-state index in [4.69, 9.17) is 0 Å². The van der Waals surface area contributed by atoms with Crippen molar-refractivity contribution in [1.29, 1.82) is 0 Å². The minimum atomic E-state index is -0.00942. The van der Waals surface area contributed by atoms with Gasteiger partial charge in [0.2, 0.25) is 0 Å². The smallest absolute Gasteiger partial charge is 0.267 e. The summed E-state index contributed by atoms with van der Waals surface area (Å²) in [7, 11) is 0. The first-order valence-corrected chi connectivity index (χ1v) is 6.98. The Morgan fingerprint density at radius 3 is 2.72 bits per heavy atom. The van der Waals surface area contributed by atoms with Crippen molar-refractivity contribution in [2.24, 2.45) is 0 Å². The number of aromatic nitrogens is 2. The number of benzene rings is 1. The largest absolute Gasteiger partial charge is 0.274 e. The Labute approximate surface area is 116 Å². The molecule has 0 unspecified atom stereocenters. The molecule has 0 spiro atoms. The minimum absolute atomic E-state index is 0.00942. The van der Waals surface area contributed by atoms with Gasteiger partial charge in [0.25, 0.3) is 5.56 Å². The minimum Gasteiger partial charge on any atom is -0.267 e. The Morgan fingerprint density at radius 1 is 1.22 bits per heavy atom. The van der Waals surface area contributed by atoms with Crippen molar-refractivity contribution in [3.63, 3.8) is 0 Å². The van der Waals surface area contributed by atoms with E-state index >= 15 is 0 Å². The van der Waals surface area contributed by atoms with Crippen molar-refractivity contribution in [1.82, 2.24) is 8.94 Å². The van der Waals surface area contributed by atoms with E-state index in [1.165, 1.54) is 11.5 Å². The molecule has 0 aliphatic heterocycles. The van der Waals surface area contributed by atoms with Crippen molar-refractivity contribution < 1.29 is 0 Å². The average Bonchev–Trinajstić information content (AvgIpc) is 2.71. The van der Waals surface area contributed by atoms with Crippen LogP contribution in [0.5, 0.6) is 0 Å². The van der Waals surface area contributed by atoms with Crippen molar-refractivity contribution >= 4 is 37.5 Å². The SMILES string of the molecule is Cc1nc(-n2sc3ccccc3c2=O)ccc1Br. The van der Waals surface area contributed by atoms with Gasteiger partial charge in [-0.15, -0.1) is 0 Å². The third kappa shape index (κ3) is 1.79. The van der Waals surface area contributed by atoms with Crippen LogP contribution in [0.3, 0.4) is 0 Å². The van der Waals surface area contributed by atoms with Crippen LogP contribution < -0.4 is 5.56 Å². The standard InChI is InChI=1S/C13H9BrN2OS/c1-8-10(14)6-7-12(15-8)16-13(17)9-4-2-3-5-11(9)18-16/h2-7H,1H3. The van der Waals surface area contributed by atoms with Crippen LogP contribution in [0.15, 0.2) is 45.7 Å². The fourth-order valence-electron chi connectivity index (χ4n) is 1.77. The van der Waals surface area contributed by atoms with Crippen LogP contribution >= 0.6 is 27.5 Å². The molecule has 0 atom stereocenters. The van der Waals surface area contributed by atoms with Gasteiger partial charge in [-0.1, -0.05) is 12.1 Å². The molecule has 0 radical (unpaired) electrons. The molecule has 18 heavy (non-hydrogen) atoms. The second-order valence-electron chi connectivity index (χ2n) is 3.92. The maximum Gasteiger partial charge on any atom is 0.274 e. The van der Waals surface area contributed by atoms with E-state index in [0.29, 0.717) is 5.82 Å². The highest BCUT2D eigenvalue weighted by atomic mass is 79.9. The molecular formula is C13H9BrN2OS. The summed E-state index contributed by atoms with van der Waals surface area (Å²) in [4.78, 5) is 16.7. The lowest BCUT2D eigenvalue weighted by Crippen LogP contribution is -2.12. The van der Waals surface area contributed by atoms with Gasteiger partial charge in [-0.25, -0.2) is 8.94 Å². The van der Waals surface area contributed by atoms with Gasteiger partial charge in [0, 0.05) is 4.47 Å². The zero-order chi connectivity index (χ0) is 12.7. The van der Waals surface area contributed by atoms with Gasteiger partial charge in [-0.05, 0) is 58.7 Å². The first-order chi connectivity index (χ1) is 8.66. The topological polar surface area (TPSA) is 34.9 Å². The lowest BCUT2D eigenvalue weighted by atomic mass is 10.3. The fraction of sp³-hybridized carbons (Fsp3) is 0.0769. The van der Waals surface area contributed by atoms with Crippen LogP contribution in [-0.4, -0.2) is 8.94 Å². The van der Waals surface area contributed by atoms with E-state index in [1.807, 2.05) is 43.3 Å². The van der Waals surface area contributed by atoms with Gasteiger partial charge in [-0.3, -0.25) is 4.79 Å². The van der Waals surface area contributed by atoms with Gasteiger partial charge >= 0.3 is 0 Å². The highest BCUT2D eigenvalue weighted by molar-refractivity contribution is 9.10. The van der Waals surface area contributed by atoms with Gasteiger partial charge in [0.1, 0.15) is 5.82 Å². The molecule has 5 heteroatoms. The van der Waals surface area contributed by atoms with E-state index in [1.54, 1.807) is 3.96 Å². The maximum absolute atomic E-state index is 12.2.